The Labute approximate surface area is 72.2 Å². The van der Waals surface area contributed by atoms with Crippen LogP contribution in [0, 0.1) is 0 Å². The van der Waals surface area contributed by atoms with Crippen molar-refractivity contribution in [3.63, 3.8) is 0 Å². The molecule has 1 aromatic rings. The van der Waals surface area contributed by atoms with Gasteiger partial charge in [-0.1, -0.05) is 0 Å². The van der Waals surface area contributed by atoms with Gasteiger partial charge in [0, 0.05) is 0 Å². The monoisotopic (exact) mass is 242 g/mol. The molecular weight excluding hydrogens is 231 g/mol. The molecule has 10 heavy (non-hydrogen) atoms. The van der Waals surface area contributed by atoms with Crippen LogP contribution in [0.2, 0.25) is 0 Å². The second-order valence-electron chi connectivity index (χ2n) is 1.90. The third-order valence-electron chi connectivity index (χ3n) is 1.11. The summed E-state index contributed by atoms with van der Waals surface area (Å²) in [7, 11) is 0. The van der Waals surface area contributed by atoms with E-state index in [0.29, 0.717) is 0 Å². The minimum atomic E-state index is -0.668. The molecule has 1 aromatic carbocycles. The van der Waals surface area contributed by atoms with Gasteiger partial charge in [0.15, 0.2) is 0 Å². The SMILES string of the molecule is CC[O][Sn][c]1ccccc1. The van der Waals surface area contributed by atoms with Crippen LogP contribution in [0.15, 0.2) is 30.3 Å². The van der Waals surface area contributed by atoms with E-state index in [9.17, 15) is 0 Å². The van der Waals surface area contributed by atoms with Crippen molar-refractivity contribution >= 4 is 25.1 Å². The normalized spacial score (nSPS) is 9.70. The van der Waals surface area contributed by atoms with E-state index in [1.807, 2.05) is 13.0 Å². The summed E-state index contributed by atoms with van der Waals surface area (Å²) in [6.45, 7) is 2.91. The third kappa shape index (κ3) is 2.71. The Morgan fingerprint density at radius 2 is 2.00 bits per heavy atom. The molecule has 1 nitrogen and oxygen atoms in total. The Kier molecular flexibility index (Phi) is 3.83. The number of rotatable bonds is 3. The quantitative estimate of drug-likeness (QED) is 0.716. The van der Waals surface area contributed by atoms with Crippen LogP contribution in [0.25, 0.3) is 0 Å². The molecule has 0 spiro atoms. The molecule has 0 aliphatic carbocycles. The van der Waals surface area contributed by atoms with E-state index in [-0.39, 0.29) is 0 Å². The van der Waals surface area contributed by atoms with Crippen LogP contribution < -0.4 is 3.58 Å². The summed E-state index contributed by atoms with van der Waals surface area (Å²) in [5.41, 5.74) is 0. The first-order chi connectivity index (χ1) is 4.93. The van der Waals surface area contributed by atoms with Gasteiger partial charge in [-0.2, -0.15) is 0 Å². The molecular formula is C8H10OSn. The van der Waals surface area contributed by atoms with Crippen molar-refractivity contribution in [2.24, 2.45) is 0 Å². The van der Waals surface area contributed by atoms with E-state index < -0.39 is 21.6 Å². The Hall–Kier alpha value is -0.0213. The van der Waals surface area contributed by atoms with Gasteiger partial charge in [-0.05, 0) is 0 Å². The van der Waals surface area contributed by atoms with Crippen LogP contribution in [0.3, 0.4) is 0 Å². The summed E-state index contributed by atoms with van der Waals surface area (Å²) in [5, 5.41) is 0. The molecule has 52 valence electrons. The molecule has 0 bridgehead atoms. The van der Waals surface area contributed by atoms with E-state index in [0.717, 1.165) is 6.61 Å². The predicted molar refractivity (Wildman–Crippen MR) is 43.5 cm³/mol. The molecule has 0 heterocycles. The molecule has 0 saturated carbocycles. The zero-order chi connectivity index (χ0) is 7.23. The van der Waals surface area contributed by atoms with Crippen molar-refractivity contribution in [2.75, 3.05) is 6.61 Å². The number of hydrogen-bond donors (Lipinski definition) is 0. The summed E-state index contributed by atoms with van der Waals surface area (Å²) in [6, 6.07) is 10.4. The fourth-order valence-electron chi connectivity index (χ4n) is 0.662. The van der Waals surface area contributed by atoms with Crippen molar-refractivity contribution in [1.29, 1.82) is 0 Å². The molecule has 1 rings (SSSR count). The second kappa shape index (κ2) is 4.74. The van der Waals surface area contributed by atoms with Crippen LogP contribution in [0.5, 0.6) is 0 Å². The van der Waals surface area contributed by atoms with Crippen molar-refractivity contribution in [1.82, 2.24) is 0 Å². The van der Waals surface area contributed by atoms with Crippen LogP contribution in [0.1, 0.15) is 6.92 Å². The first kappa shape index (κ1) is 8.08. The molecule has 0 amide bonds. The van der Waals surface area contributed by atoms with E-state index in [2.05, 4.69) is 24.3 Å². The van der Waals surface area contributed by atoms with E-state index in [1.54, 1.807) is 0 Å². The van der Waals surface area contributed by atoms with Crippen LogP contribution >= 0.6 is 0 Å². The second-order valence-corrected chi connectivity index (χ2v) is 4.96. The fourth-order valence-corrected chi connectivity index (χ4v) is 2.49. The van der Waals surface area contributed by atoms with Gasteiger partial charge in [-0.25, -0.2) is 0 Å². The van der Waals surface area contributed by atoms with Crippen molar-refractivity contribution in [2.45, 2.75) is 6.92 Å². The Morgan fingerprint density at radius 3 is 2.60 bits per heavy atom. The van der Waals surface area contributed by atoms with E-state index in [4.69, 9.17) is 3.07 Å². The van der Waals surface area contributed by atoms with Crippen molar-refractivity contribution in [3.05, 3.63) is 30.3 Å². The van der Waals surface area contributed by atoms with E-state index >= 15 is 0 Å². The van der Waals surface area contributed by atoms with E-state index in [1.165, 1.54) is 3.58 Å². The number of benzene rings is 1. The topological polar surface area (TPSA) is 9.23 Å². The average molecular weight is 241 g/mol. The molecule has 2 radical (unpaired) electrons. The average Bonchev–Trinajstić information content (AvgIpc) is 2.03. The van der Waals surface area contributed by atoms with Gasteiger partial charge in [0.1, 0.15) is 0 Å². The summed E-state index contributed by atoms with van der Waals surface area (Å²) in [6.07, 6.45) is 0. The molecule has 0 aliphatic heterocycles. The molecule has 0 atom stereocenters. The molecule has 0 fully saturated rings. The zero-order valence-corrected chi connectivity index (χ0v) is 8.86. The van der Waals surface area contributed by atoms with Crippen LogP contribution in [-0.2, 0) is 3.07 Å². The number of hydrogen-bond acceptors (Lipinski definition) is 1. The molecule has 0 aromatic heterocycles. The minimum absolute atomic E-state index is 0.668. The summed E-state index contributed by atoms with van der Waals surface area (Å²) >= 11 is -0.668. The van der Waals surface area contributed by atoms with Gasteiger partial charge >= 0.3 is 72.1 Å². The van der Waals surface area contributed by atoms with Crippen molar-refractivity contribution < 1.29 is 3.07 Å². The van der Waals surface area contributed by atoms with Gasteiger partial charge in [-0.3, -0.25) is 0 Å². The van der Waals surface area contributed by atoms with Gasteiger partial charge in [0.05, 0.1) is 0 Å². The van der Waals surface area contributed by atoms with Gasteiger partial charge in [0.2, 0.25) is 0 Å². The van der Waals surface area contributed by atoms with Gasteiger partial charge in [0.25, 0.3) is 0 Å². The summed E-state index contributed by atoms with van der Waals surface area (Å²) in [4.78, 5) is 0. The zero-order valence-electron chi connectivity index (χ0n) is 6.00. The fraction of sp³-hybridized carbons (Fsp3) is 0.250. The Bertz CT molecular complexity index is 174. The molecule has 0 unspecified atom stereocenters. The van der Waals surface area contributed by atoms with Gasteiger partial charge < -0.3 is 0 Å². The molecule has 2 heteroatoms. The molecule has 0 aliphatic rings. The summed E-state index contributed by atoms with van der Waals surface area (Å²) in [5.74, 6) is 0. The van der Waals surface area contributed by atoms with Crippen LogP contribution in [0.4, 0.5) is 0 Å². The van der Waals surface area contributed by atoms with Crippen LogP contribution in [-0.4, -0.2) is 28.2 Å². The first-order valence-electron chi connectivity index (χ1n) is 3.36. The maximum absolute atomic E-state index is 5.39. The Balaban J connectivity index is 2.43. The summed E-state index contributed by atoms with van der Waals surface area (Å²) < 4.78 is 6.80. The Morgan fingerprint density at radius 1 is 1.30 bits per heavy atom. The molecule has 0 saturated heterocycles. The predicted octanol–water partition coefficient (Wildman–Crippen LogP) is 0.968. The standard InChI is InChI=1S/C6H5.C2H5O.Sn/c1-2-4-6-5-3-1;1-2-3;/h1-5H;2H2,1H3;/q;-1;+1. The first-order valence-corrected chi connectivity index (χ1v) is 5.95. The molecule has 0 N–H and O–H groups in total. The maximum atomic E-state index is 5.39. The van der Waals surface area contributed by atoms with Crippen molar-refractivity contribution in [3.8, 4) is 0 Å². The van der Waals surface area contributed by atoms with Gasteiger partial charge in [-0.15, -0.1) is 0 Å². The third-order valence-corrected chi connectivity index (χ3v) is 3.97.